The predicted octanol–water partition coefficient (Wildman–Crippen LogP) is 1.72. The van der Waals surface area contributed by atoms with Gasteiger partial charge < -0.3 is 5.11 Å². The van der Waals surface area contributed by atoms with Gasteiger partial charge in [-0.05, 0) is 18.8 Å². The van der Waals surface area contributed by atoms with Crippen LogP contribution >= 0.6 is 0 Å². The van der Waals surface area contributed by atoms with Crippen molar-refractivity contribution in [3.8, 4) is 0 Å². The summed E-state index contributed by atoms with van der Waals surface area (Å²) >= 11 is 0. The number of hydrogen-bond acceptors (Lipinski definition) is 1. The Morgan fingerprint density at radius 2 is 2.44 bits per heavy atom. The summed E-state index contributed by atoms with van der Waals surface area (Å²) in [6, 6.07) is 0. The molecule has 1 heteroatoms. The fourth-order valence-electron chi connectivity index (χ4n) is 1.35. The summed E-state index contributed by atoms with van der Waals surface area (Å²) in [5, 5.41) is 9.23. The Morgan fingerprint density at radius 1 is 1.67 bits per heavy atom. The van der Waals surface area contributed by atoms with Gasteiger partial charge in [0.25, 0.3) is 0 Å². The Balaban J connectivity index is 2.28. The Bertz CT molecular complexity index is 107. The highest BCUT2D eigenvalue weighted by molar-refractivity contribution is 5.01. The first-order valence-electron chi connectivity index (χ1n) is 3.69. The summed E-state index contributed by atoms with van der Waals surface area (Å²) < 4.78 is 0. The van der Waals surface area contributed by atoms with Crippen molar-refractivity contribution in [2.75, 3.05) is 0 Å². The van der Waals surface area contributed by atoms with Crippen LogP contribution in [0.15, 0.2) is 12.2 Å². The van der Waals surface area contributed by atoms with Crippen molar-refractivity contribution >= 4 is 0 Å². The van der Waals surface area contributed by atoms with Gasteiger partial charge in [0, 0.05) is 0 Å². The van der Waals surface area contributed by atoms with Gasteiger partial charge in [-0.15, -0.1) is 0 Å². The number of aliphatic hydroxyl groups excluding tert-OH is 1. The molecular weight excluding hydrogens is 112 g/mol. The van der Waals surface area contributed by atoms with Crippen LogP contribution in [0.2, 0.25) is 0 Å². The molecule has 0 saturated carbocycles. The molecule has 0 fully saturated rings. The van der Waals surface area contributed by atoms with E-state index in [0.29, 0.717) is 5.92 Å². The van der Waals surface area contributed by atoms with Gasteiger partial charge in [0.05, 0.1) is 6.10 Å². The number of hydrogen-bond donors (Lipinski definition) is 1. The molecule has 0 aliphatic heterocycles. The lowest BCUT2D eigenvalue weighted by Gasteiger charge is -2.11. The normalized spacial score (nSPS) is 33.6. The van der Waals surface area contributed by atoms with Gasteiger partial charge in [-0.25, -0.2) is 0 Å². The van der Waals surface area contributed by atoms with Gasteiger partial charge in [-0.1, -0.05) is 25.5 Å². The minimum absolute atomic E-state index is 0.148. The minimum atomic E-state index is -0.148. The summed E-state index contributed by atoms with van der Waals surface area (Å²) in [7, 11) is 0. The first-order chi connectivity index (χ1) is 4.34. The fraction of sp³-hybridized carbons (Fsp3) is 0.750. The summed E-state index contributed by atoms with van der Waals surface area (Å²) in [5.41, 5.74) is 0. The van der Waals surface area contributed by atoms with E-state index < -0.39 is 0 Å². The van der Waals surface area contributed by atoms with Gasteiger partial charge in [-0.2, -0.15) is 0 Å². The maximum absolute atomic E-state index is 9.23. The molecule has 1 N–H and O–H groups in total. The molecular formula is C8H14O. The highest BCUT2D eigenvalue weighted by Gasteiger charge is 2.18. The Morgan fingerprint density at radius 3 is 2.89 bits per heavy atom. The van der Waals surface area contributed by atoms with Crippen LogP contribution in [-0.2, 0) is 0 Å². The third-order valence-corrected chi connectivity index (χ3v) is 1.91. The molecule has 52 valence electrons. The van der Waals surface area contributed by atoms with Crippen LogP contribution in [0.1, 0.15) is 26.2 Å². The predicted molar refractivity (Wildman–Crippen MR) is 38.2 cm³/mol. The topological polar surface area (TPSA) is 20.2 Å². The third kappa shape index (κ3) is 1.55. The van der Waals surface area contributed by atoms with Crippen LogP contribution in [0.4, 0.5) is 0 Å². The standard InChI is InChI=1S/C8H14O/c1-2-4-7-5-3-6-8(7)9/h3,6-9H,2,4-5H2,1H3/t7-,8-/m1/s1. The summed E-state index contributed by atoms with van der Waals surface area (Å²) in [4.78, 5) is 0. The highest BCUT2D eigenvalue weighted by Crippen LogP contribution is 2.22. The lowest BCUT2D eigenvalue weighted by Crippen LogP contribution is -2.12. The summed E-state index contributed by atoms with van der Waals surface area (Å²) in [6.45, 7) is 2.16. The van der Waals surface area contributed by atoms with E-state index in [1.807, 2.05) is 6.08 Å². The van der Waals surface area contributed by atoms with E-state index in [4.69, 9.17) is 0 Å². The van der Waals surface area contributed by atoms with Gasteiger partial charge in [0.15, 0.2) is 0 Å². The van der Waals surface area contributed by atoms with Crippen molar-refractivity contribution in [1.82, 2.24) is 0 Å². The minimum Gasteiger partial charge on any atom is -0.389 e. The van der Waals surface area contributed by atoms with Crippen molar-refractivity contribution in [1.29, 1.82) is 0 Å². The zero-order chi connectivity index (χ0) is 6.69. The average molecular weight is 126 g/mol. The van der Waals surface area contributed by atoms with E-state index in [9.17, 15) is 5.11 Å². The first-order valence-corrected chi connectivity index (χ1v) is 3.69. The molecule has 0 radical (unpaired) electrons. The smallest absolute Gasteiger partial charge is 0.0752 e. The summed E-state index contributed by atoms with van der Waals surface area (Å²) in [5.74, 6) is 0.523. The molecule has 0 heterocycles. The third-order valence-electron chi connectivity index (χ3n) is 1.91. The monoisotopic (exact) mass is 126 g/mol. The maximum Gasteiger partial charge on any atom is 0.0752 e. The molecule has 0 bridgehead atoms. The molecule has 9 heavy (non-hydrogen) atoms. The molecule has 0 aromatic rings. The van der Waals surface area contributed by atoms with Crippen LogP contribution < -0.4 is 0 Å². The molecule has 0 aromatic carbocycles. The highest BCUT2D eigenvalue weighted by atomic mass is 16.3. The largest absolute Gasteiger partial charge is 0.389 e. The van der Waals surface area contributed by atoms with Crippen molar-refractivity contribution in [2.24, 2.45) is 5.92 Å². The molecule has 0 aromatic heterocycles. The fourth-order valence-corrected chi connectivity index (χ4v) is 1.35. The van der Waals surface area contributed by atoms with Gasteiger partial charge in [0.2, 0.25) is 0 Å². The summed E-state index contributed by atoms with van der Waals surface area (Å²) in [6.07, 6.45) is 7.25. The molecule has 1 nitrogen and oxygen atoms in total. The van der Waals surface area contributed by atoms with Crippen molar-refractivity contribution in [2.45, 2.75) is 32.3 Å². The van der Waals surface area contributed by atoms with Crippen LogP contribution in [-0.4, -0.2) is 11.2 Å². The quantitative estimate of drug-likeness (QED) is 0.558. The van der Waals surface area contributed by atoms with E-state index in [1.165, 1.54) is 6.42 Å². The van der Waals surface area contributed by atoms with Crippen molar-refractivity contribution < 1.29 is 5.11 Å². The van der Waals surface area contributed by atoms with E-state index in [2.05, 4.69) is 13.0 Å². The SMILES string of the molecule is CCC[C@@H]1CC=C[C@H]1O. The number of aliphatic hydroxyl groups is 1. The molecule has 0 unspecified atom stereocenters. The van der Waals surface area contributed by atoms with E-state index in [1.54, 1.807) is 0 Å². The van der Waals surface area contributed by atoms with E-state index in [-0.39, 0.29) is 6.10 Å². The van der Waals surface area contributed by atoms with E-state index in [0.717, 1.165) is 12.8 Å². The van der Waals surface area contributed by atoms with Crippen LogP contribution in [0.3, 0.4) is 0 Å². The van der Waals surface area contributed by atoms with E-state index >= 15 is 0 Å². The molecule has 0 spiro atoms. The molecule has 1 aliphatic carbocycles. The lowest BCUT2D eigenvalue weighted by molar-refractivity contribution is 0.158. The average Bonchev–Trinajstić information content (AvgIpc) is 2.18. The molecule has 1 aliphatic rings. The van der Waals surface area contributed by atoms with Crippen molar-refractivity contribution in [3.05, 3.63) is 12.2 Å². The molecule has 1 rings (SSSR count). The Kier molecular flexibility index (Phi) is 2.29. The maximum atomic E-state index is 9.23. The van der Waals surface area contributed by atoms with Crippen LogP contribution in [0.25, 0.3) is 0 Å². The van der Waals surface area contributed by atoms with Crippen LogP contribution in [0.5, 0.6) is 0 Å². The Hall–Kier alpha value is -0.300. The first kappa shape index (κ1) is 6.81. The van der Waals surface area contributed by atoms with Gasteiger partial charge in [-0.3, -0.25) is 0 Å². The second-order valence-electron chi connectivity index (χ2n) is 2.70. The lowest BCUT2D eigenvalue weighted by atomic mass is 10.00. The number of rotatable bonds is 2. The molecule has 0 amide bonds. The number of allylic oxidation sites excluding steroid dienone is 1. The van der Waals surface area contributed by atoms with Crippen molar-refractivity contribution in [3.63, 3.8) is 0 Å². The second kappa shape index (κ2) is 3.02. The zero-order valence-electron chi connectivity index (χ0n) is 5.88. The zero-order valence-corrected chi connectivity index (χ0v) is 5.88. The molecule has 0 saturated heterocycles. The van der Waals surface area contributed by atoms with Gasteiger partial charge >= 0.3 is 0 Å². The Labute approximate surface area is 56.4 Å². The van der Waals surface area contributed by atoms with Gasteiger partial charge in [0.1, 0.15) is 0 Å². The second-order valence-corrected chi connectivity index (χ2v) is 2.70. The van der Waals surface area contributed by atoms with Crippen LogP contribution in [0, 0.1) is 5.92 Å². The molecule has 2 atom stereocenters.